The first-order valence-corrected chi connectivity index (χ1v) is 16.8. The molecular weight excluding hydrogens is 614 g/mol. The summed E-state index contributed by atoms with van der Waals surface area (Å²) in [7, 11) is 0. The summed E-state index contributed by atoms with van der Waals surface area (Å²) in [5.41, 5.74) is 2.66. The van der Waals surface area contributed by atoms with Gasteiger partial charge in [-0.05, 0) is 103 Å². The Morgan fingerprint density at radius 2 is 1.74 bits per heavy atom. The van der Waals surface area contributed by atoms with Crippen LogP contribution in [0.15, 0.2) is 50.8 Å². The van der Waals surface area contributed by atoms with E-state index in [1.54, 1.807) is 0 Å². The number of benzene rings is 2. The number of nitrogens with one attached hydrogen (secondary N) is 1. The van der Waals surface area contributed by atoms with Gasteiger partial charge in [-0.15, -0.1) is 0 Å². The predicted molar refractivity (Wildman–Crippen MR) is 174 cm³/mol. The summed E-state index contributed by atoms with van der Waals surface area (Å²) in [6, 6.07) is 11.9. The van der Waals surface area contributed by atoms with E-state index in [1.165, 1.54) is 37.4 Å². The highest BCUT2D eigenvalue weighted by Crippen LogP contribution is 2.41. The molecule has 224 valence electrons. The SMILES string of the molecule is CCOc1cc(C=C2SC(=NC3CCCCC3)N(C3CCCCC3)C2=O)cc(Br)c1OCC(=O)Nc1ccc(C)cc1. The van der Waals surface area contributed by atoms with E-state index in [1.807, 2.05) is 61.2 Å². The lowest BCUT2D eigenvalue weighted by Gasteiger charge is -2.31. The maximum Gasteiger partial charge on any atom is 0.266 e. The zero-order valence-corrected chi connectivity index (χ0v) is 26.9. The number of hydrogen-bond acceptors (Lipinski definition) is 6. The number of ether oxygens (including phenoxy) is 2. The van der Waals surface area contributed by atoms with Crippen molar-refractivity contribution in [1.29, 1.82) is 0 Å². The van der Waals surface area contributed by atoms with Crippen LogP contribution in [0.25, 0.3) is 6.08 Å². The zero-order chi connectivity index (χ0) is 29.5. The molecule has 2 amide bonds. The van der Waals surface area contributed by atoms with Crippen molar-refractivity contribution in [2.75, 3.05) is 18.5 Å². The van der Waals surface area contributed by atoms with E-state index in [4.69, 9.17) is 14.5 Å². The van der Waals surface area contributed by atoms with Crippen LogP contribution in [-0.2, 0) is 9.59 Å². The second-order valence-electron chi connectivity index (χ2n) is 11.2. The molecule has 2 aromatic carbocycles. The van der Waals surface area contributed by atoms with Crippen LogP contribution >= 0.6 is 27.7 Å². The van der Waals surface area contributed by atoms with Crippen molar-refractivity contribution in [3.63, 3.8) is 0 Å². The van der Waals surface area contributed by atoms with E-state index in [0.717, 1.165) is 54.8 Å². The molecule has 0 aromatic heterocycles. The van der Waals surface area contributed by atoms with Gasteiger partial charge in [0, 0.05) is 11.7 Å². The molecule has 9 heteroatoms. The van der Waals surface area contributed by atoms with E-state index in [-0.39, 0.29) is 24.5 Å². The summed E-state index contributed by atoms with van der Waals surface area (Å²) >= 11 is 5.12. The molecule has 3 aliphatic rings. The molecule has 1 saturated heterocycles. The van der Waals surface area contributed by atoms with Crippen molar-refractivity contribution < 1.29 is 19.1 Å². The molecule has 42 heavy (non-hydrogen) atoms. The van der Waals surface area contributed by atoms with Crippen molar-refractivity contribution in [3.05, 3.63) is 56.9 Å². The van der Waals surface area contributed by atoms with Gasteiger partial charge in [-0.25, -0.2) is 0 Å². The molecule has 7 nitrogen and oxygen atoms in total. The average molecular weight is 655 g/mol. The van der Waals surface area contributed by atoms with Gasteiger partial charge in [0.25, 0.3) is 11.8 Å². The third-order valence-corrected chi connectivity index (χ3v) is 9.54. The van der Waals surface area contributed by atoms with Gasteiger partial charge in [-0.1, -0.05) is 56.2 Å². The number of halogens is 1. The molecule has 0 unspecified atom stereocenters. The van der Waals surface area contributed by atoms with Gasteiger partial charge in [0.15, 0.2) is 23.3 Å². The lowest BCUT2D eigenvalue weighted by Crippen LogP contribution is -2.41. The van der Waals surface area contributed by atoms with E-state index >= 15 is 0 Å². The first-order chi connectivity index (χ1) is 20.4. The molecule has 1 heterocycles. The monoisotopic (exact) mass is 653 g/mol. The van der Waals surface area contributed by atoms with Crippen molar-refractivity contribution in [1.82, 2.24) is 4.90 Å². The van der Waals surface area contributed by atoms with Crippen LogP contribution < -0.4 is 14.8 Å². The first kappa shape index (κ1) is 30.7. The molecule has 0 spiro atoms. The molecule has 2 saturated carbocycles. The molecule has 5 rings (SSSR count). The Bertz CT molecular complexity index is 1330. The maximum atomic E-state index is 13.8. The van der Waals surface area contributed by atoms with Crippen LogP contribution in [0.1, 0.15) is 82.3 Å². The Kier molecular flexibility index (Phi) is 10.7. The molecular formula is C33H40BrN3O4S. The standard InChI is InChI=1S/C33H40BrN3O4S/c1-3-40-28-19-23(18-27(34)31(28)41-21-30(38)35-25-16-14-22(2)15-17-25)20-29-32(39)37(26-12-8-5-9-13-26)33(42-29)36-24-10-6-4-7-11-24/h14-20,24,26H,3-13,21H2,1-2H3,(H,35,38). The summed E-state index contributed by atoms with van der Waals surface area (Å²) in [6.45, 7) is 4.16. The number of carbonyl (C=O) groups excluding carboxylic acids is 2. The molecule has 1 aliphatic heterocycles. The molecule has 3 fully saturated rings. The average Bonchev–Trinajstić information content (AvgIpc) is 3.28. The van der Waals surface area contributed by atoms with Crippen LogP contribution in [0.3, 0.4) is 0 Å². The quantitative estimate of drug-likeness (QED) is 0.277. The third-order valence-electron chi connectivity index (χ3n) is 7.96. The molecule has 2 aliphatic carbocycles. The Labute approximate surface area is 261 Å². The number of rotatable bonds is 9. The van der Waals surface area contributed by atoms with Crippen LogP contribution in [0.2, 0.25) is 0 Å². The molecule has 0 atom stereocenters. The largest absolute Gasteiger partial charge is 0.490 e. The van der Waals surface area contributed by atoms with Gasteiger partial charge in [0.05, 0.1) is 22.0 Å². The topological polar surface area (TPSA) is 80.2 Å². The minimum absolute atomic E-state index is 0.0450. The van der Waals surface area contributed by atoms with Gasteiger partial charge in [-0.2, -0.15) is 0 Å². The first-order valence-electron chi connectivity index (χ1n) is 15.2. The van der Waals surface area contributed by atoms with Gasteiger partial charge in [0.1, 0.15) is 0 Å². The highest BCUT2D eigenvalue weighted by molar-refractivity contribution is 9.10. The fourth-order valence-corrected chi connectivity index (χ4v) is 7.49. The number of thioether (sulfide) groups is 1. The lowest BCUT2D eigenvalue weighted by molar-refractivity contribution is -0.124. The number of anilines is 1. The third kappa shape index (κ3) is 7.78. The highest BCUT2D eigenvalue weighted by atomic mass is 79.9. The minimum atomic E-state index is -0.264. The van der Waals surface area contributed by atoms with Crippen molar-refractivity contribution in [2.45, 2.75) is 90.1 Å². The predicted octanol–water partition coefficient (Wildman–Crippen LogP) is 8.11. The fraction of sp³-hybridized carbons (Fsp3) is 0.485. The molecule has 0 bridgehead atoms. The number of carbonyl (C=O) groups is 2. The van der Waals surface area contributed by atoms with E-state index in [9.17, 15) is 9.59 Å². The van der Waals surface area contributed by atoms with Crippen molar-refractivity contribution >= 4 is 56.4 Å². The number of nitrogens with zero attached hydrogens (tertiary/aromatic N) is 2. The number of aryl methyl sites for hydroxylation is 1. The van der Waals surface area contributed by atoms with E-state index in [2.05, 4.69) is 21.2 Å². The Balaban J connectivity index is 1.35. The lowest BCUT2D eigenvalue weighted by atomic mass is 9.94. The van der Waals surface area contributed by atoms with Gasteiger partial charge < -0.3 is 14.8 Å². The normalized spacial score (nSPS) is 20.4. The van der Waals surface area contributed by atoms with Gasteiger partial charge >= 0.3 is 0 Å². The van der Waals surface area contributed by atoms with Crippen LogP contribution in [0.4, 0.5) is 5.69 Å². The molecule has 1 N–H and O–H groups in total. The number of hydrogen-bond donors (Lipinski definition) is 1. The van der Waals surface area contributed by atoms with Crippen molar-refractivity contribution in [3.8, 4) is 11.5 Å². The summed E-state index contributed by atoms with van der Waals surface area (Å²) in [6.07, 6.45) is 13.4. The second-order valence-corrected chi connectivity index (χ2v) is 13.1. The zero-order valence-electron chi connectivity index (χ0n) is 24.5. The van der Waals surface area contributed by atoms with Crippen LogP contribution in [0, 0.1) is 6.92 Å². The number of aliphatic imine (C=N–C) groups is 1. The minimum Gasteiger partial charge on any atom is -0.490 e. The fourth-order valence-electron chi connectivity index (χ4n) is 5.80. The maximum absolute atomic E-state index is 13.8. The molecule has 2 aromatic rings. The smallest absolute Gasteiger partial charge is 0.266 e. The van der Waals surface area contributed by atoms with Gasteiger partial charge in [-0.3, -0.25) is 19.5 Å². The summed E-state index contributed by atoms with van der Waals surface area (Å²) in [5.74, 6) is 0.743. The Hall–Kier alpha value is -2.78. The molecule has 0 radical (unpaired) electrons. The Morgan fingerprint density at radius 3 is 2.43 bits per heavy atom. The summed E-state index contributed by atoms with van der Waals surface area (Å²) in [5, 5.41) is 3.72. The summed E-state index contributed by atoms with van der Waals surface area (Å²) in [4.78, 5) is 34.2. The van der Waals surface area contributed by atoms with Gasteiger partial charge in [0.2, 0.25) is 0 Å². The van der Waals surface area contributed by atoms with Crippen molar-refractivity contribution in [2.24, 2.45) is 4.99 Å². The van der Waals surface area contributed by atoms with Crippen LogP contribution in [0.5, 0.6) is 11.5 Å². The summed E-state index contributed by atoms with van der Waals surface area (Å²) < 4.78 is 12.5. The van der Waals surface area contributed by atoms with E-state index in [0.29, 0.717) is 39.2 Å². The highest BCUT2D eigenvalue weighted by Gasteiger charge is 2.39. The number of amidine groups is 1. The Morgan fingerprint density at radius 1 is 1.05 bits per heavy atom. The second kappa shape index (κ2) is 14.6. The van der Waals surface area contributed by atoms with Crippen LogP contribution in [-0.4, -0.2) is 47.2 Å². The number of amides is 2. The van der Waals surface area contributed by atoms with E-state index < -0.39 is 0 Å².